The van der Waals surface area contributed by atoms with Crippen LogP contribution in [0.3, 0.4) is 0 Å². The van der Waals surface area contributed by atoms with Gasteiger partial charge in [-0.15, -0.1) is 0 Å². The highest BCUT2D eigenvalue weighted by Gasteiger charge is 2.49. The van der Waals surface area contributed by atoms with E-state index in [0.717, 1.165) is 36.9 Å². The van der Waals surface area contributed by atoms with Crippen LogP contribution in [-0.2, 0) is 11.8 Å². The average Bonchev–Trinajstić information content (AvgIpc) is 2.55. The van der Waals surface area contributed by atoms with Crippen molar-refractivity contribution < 1.29 is 10.2 Å². The van der Waals surface area contributed by atoms with E-state index in [1.807, 2.05) is 0 Å². The zero-order chi connectivity index (χ0) is 16.9. The molecule has 0 bridgehead atoms. The highest BCUT2D eigenvalue weighted by Crippen LogP contribution is 2.57. The lowest BCUT2D eigenvalue weighted by molar-refractivity contribution is 0.0715. The second-order valence-electron chi connectivity index (χ2n) is 7.13. The van der Waals surface area contributed by atoms with Gasteiger partial charge in [0.1, 0.15) is 0 Å². The predicted molar refractivity (Wildman–Crippen MR) is 95.8 cm³/mol. The van der Waals surface area contributed by atoms with Gasteiger partial charge in [-0.2, -0.15) is 0 Å². The first kappa shape index (κ1) is 15.8. The summed E-state index contributed by atoms with van der Waals surface area (Å²) < 4.78 is 0. The van der Waals surface area contributed by atoms with Crippen LogP contribution in [0.4, 0.5) is 0 Å². The van der Waals surface area contributed by atoms with Crippen molar-refractivity contribution in [3.8, 4) is 11.5 Å². The number of nitrogens with zero attached hydrogens (tertiary/aromatic N) is 1. The van der Waals surface area contributed by atoms with Crippen LogP contribution in [0.1, 0.15) is 42.0 Å². The van der Waals surface area contributed by atoms with Crippen molar-refractivity contribution in [2.24, 2.45) is 0 Å². The largest absolute Gasteiger partial charge is 0.504 e. The molecule has 0 aromatic heterocycles. The Labute approximate surface area is 147 Å². The Bertz CT molecular complexity index is 771. The second kappa shape index (κ2) is 5.68. The van der Waals surface area contributed by atoms with E-state index in [1.54, 1.807) is 6.07 Å². The molecule has 1 heterocycles. The van der Waals surface area contributed by atoms with Gasteiger partial charge >= 0.3 is 0 Å². The molecule has 0 amide bonds. The van der Waals surface area contributed by atoms with Gasteiger partial charge in [0.25, 0.3) is 0 Å². The summed E-state index contributed by atoms with van der Waals surface area (Å²) in [5.41, 5.74) is 3.45. The van der Waals surface area contributed by atoms with Crippen LogP contribution in [0.15, 0.2) is 36.4 Å². The molecule has 1 aliphatic heterocycles. The van der Waals surface area contributed by atoms with Crippen LogP contribution in [0.2, 0.25) is 5.02 Å². The van der Waals surface area contributed by atoms with E-state index in [1.165, 1.54) is 12.0 Å². The summed E-state index contributed by atoms with van der Waals surface area (Å²) in [5, 5.41) is 20.5. The molecule has 2 N–H and O–H groups in total. The van der Waals surface area contributed by atoms with Gasteiger partial charge in [-0.3, -0.25) is 4.90 Å². The fourth-order valence-electron chi connectivity index (χ4n) is 4.60. The van der Waals surface area contributed by atoms with Gasteiger partial charge in [-0.25, -0.2) is 0 Å². The number of phenolic OH excluding ortho intramolecular Hbond substituents is 2. The minimum atomic E-state index is -0.193. The molecule has 0 spiro atoms. The van der Waals surface area contributed by atoms with E-state index >= 15 is 0 Å². The number of aromatic hydroxyl groups is 2. The van der Waals surface area contributed by atoms with Crippen molar-refractivity contribution in [1.82, 2.24) is 4.90 Å². The first-order valence-electron chi connectivity index (χ1n) is 8.53. The molecule has 4 heteroatoms. The Morgan fingerprint density at radius 1 is 1.17 bits per heavy atom. The second-order valence-corrected chi connectivity index (χ2v) is 7.51. The summed E-state index contributed by atoms with van der Waals surface area (Å²) in [6.07, 6.45) is 4.27. The molecule has 2 aromatic carbocycles. The van der Waals surface area contributed by atoms with Crippen molar-refractivity contribution in [3.63, 3.8) is 0 Å². The highest BCUT2D eigenvalue weighted by molar-refractivity contribution is 6.33. The van der Waals surface area contributed by atoms with Crippen molar-refractivity contribution in [3.05, 3.63) is 58.1 Å². The molecule has 4 rings (SSSR count). The van der Waals surface area contributed by atoms with E-state index in [9.17, 15) is 10.2 Å². The van der Waals surface area contributed by atoms with Crippen LogP contribution in [-0.4, -0.2) is 28.7 Å². The quantitative estimate of drug-likeness (QED) is 0.794. The Kier molecular flexibility index (Phi) is 3.74. The molecule has 0 radical (unpaired) electrons. The van der Waals surface area contributed by atoms with Gasteiger partial charge in [0.2, 0.25) is 0 Å². The number of fused-ring (bicyclic) bond motifs is 1. The molecule has 3 nitrogen and oxygen atoms in total. The fourth-order valence-corrected chi connectivity index (χ4v) is 4.91. The van der Waals surface area contributed by atoms with Gasteiger partial charge in [0.05, 0.1) is 5.02 Å². The third kappa shape index (κ3) is 2.15. The van der Waals surface area contributed by atoms with Crippen molar-refractivity contribution in [2.45, 2.75) is 37.1 Å². The van der Waals surface area contributed by atoms with Gasteiger partial charge < -0.3 is 10.2 Å². The number of halogens is 1. The highest BCUT2D eigenvalue weighted by atomic mass is 35.5. The van der Waals surface area contributed by atoms with Gasteiger partial charge in [-0.1, -0.05) is 48.4 Å². The lowest BCUT2D eigenvalue weighted by Gasteiger charge is -2.53. The Morgan fingerprint density at radius 3 is 2.50 bits per heavy atom. The topological polar surface area (TPSA) is 43.7 Å². The first-order chi connectivity index (χ1) is 11.5. The summed E-state index contributed by atoms with van der Waals surface area (Å²) in [4.78, 5) is 2.38. The van der Waals surface area contributed by atoms with E-state index in [0.29, 0.717) is 5.02 Å². The van der Waals surface area contributed by atoms with Crippen LogP contribution >= 0.6 is 11.6 Å². The normalized spacial score (nSPS) is 22.7. The molecular weight excluding hydrogens is 322 g/mol. The molecular formula is C20H22ClNO2. The number of phenols is 2. The summed E-state index contributed by atoms with van der Waals surface area (Å²) in [6.45, 7) is 0.899. The van der Waals surface area contributed by atoms with Gasteiger partial charge in [-0.05, 0) is 49.1 Å². The smallest absolute Gasteiger partial charge is 0.176 e. The van der Waals surface area contributed by atoms with Crippen molar-refractivity contribution in [1.29, 1.82) is 0 Å². The van der Waals surface area contributed by atoms with Crippen LogP contribution < -0.4 is 0 Å². The van der Waals surface area contributed by atoms with Crippen LogP contribution in [0.25, 0.3) is 0 Å². The van der Waals surface area contributed by atoms with Crippen LogP contribution in [0.5, 0.6) is 11.5 Å². The summed E-state index contributed by atoms with van der Waals surface area (Å²) in [7, 11) is 2.15. The number of likely N-dealkylation sites (N-methyl/N-ethyl adjacent to an activating group) is 1. The van der Waals surface area contributed by atoms with Crippen molar-refractivity contribution >= 4 is 11.6 Å². The molecule has 1 fully saturated rings. The maximum absolute atomic E-state index is 10.1. The molecule has 1 saturated carbocycles. The van der Waals surface area contributed by atoms with Crippen molar-refractivity contribution in [2.75, 3.05) is 13.6 Å². The minimum Gasteiger partial charge on any atom is -0.504 e. The zero-order valence-corrected chi connectivity index (χ0v) is 14.6. The third-order valence-corrected chi connectivity index (χ3v) is 6.33. The molecule has 2 aromatic rings. The van der Waals surface area contributed by atoms with Gasteiger partial charge in [0, 0.05) is 18.0 Å². The molecule has 24 heavy (non-hydrogen) atoms. The van der Waals surface area contributed by atoms with E-state index in [-0.39, 0.29) is 23.0 Å². The number of rotatable bonds is 2. The summed E-state index contributed by atoms with van der Waals surface area (Å²) in [6, 6.07) is 12.6. The summed E-state index contributed by atoms with van der Waals surface area (Å²) in [5.74, 6) is -0.317. The Hall–Kier alpha value is -1.71. The monoisotopic (exact) mass is 343 g/mol. The van der Waals surface area contributed by atoms with E-state index < -0.39 is 0 Å². The SMILES string of the molecule is CN1CCc2c(cc(O)c(O)c2Cl)C1C1(c2ccccc2)CCC1. The molecule has 1 unspecified atom stereocenters. The first-order valence-corrected chi connectivity index (χ1v) is 8.91. The zero-order valence-electron chi connectivity index (χ0n) is 13.8. The van der Waals surface area contributed by atoms with E-state index in [2.05, 4.69) is 42.3 Å². The maximum Gasteiger partial charge on any atom is 0.176 e. The standard InChI is InChI=1S/C20H22ClNO2/c1-22-11-8-14-15(12-16(23)18(24)17(14)21)19(22)20(9-5-10-20)13-6-3-2-4-7-13/h2-4,6-7,12,19,23-24H,5,8-11H2,1H3. The molecule has 126 valence electrons. The van der Waals surface area contributed by atoms with Gasteiger partial charge in [0.15, 0.2) is 11.5 Å². The summed E-state index contributed by atoms with van der Waals surface area (Å²) >= 11 is 6.36. The average molecular weight is 344 g/mol. The molecule has 0 saturated heterocycles. The maximum atomic E-state index is 10.1. The minimum absolute atomic E-state index is 0.0535. The third-order valence-electron chi connectivity index (χ3n) is 5.92. The number of hydrogen-bond acceptors (Lipinski definition) is 3. The number of hydrogen-bond donors (Lipinski definition) is 2. The lowest BCUT2D eigenvalue weighted by atomic mass is 9.57. The molecule has 2 aliphatic rings. The lowest BCUT2D eigenvalue weighted by Crippen LogP contribution is -2.49. The predicted octanol–water partition coefficient (Wildman–Crippen LogP) is 4.40. The Morgan fingerprint density at radius 2 is 1.88 bits per heavy atom. The van der Waals surface area contributed by atoms with E-state index in [4.69, 9.17) is 11.6 Å². The molecule has 1 atom stereocenters. The Balaban J connectivity index is 1.90. The number of benzene rings is 2. The molecule has 1 aliphatic carbocycles. The fraction of sp³-hybridized carbons (Fsp3) is 0.400. The van der Waals surface area contributed by atoms with Crippen LogP contribution in [0, 0.1) is 0 Å².